The average Bonchev–Trinajstić information content (AvgIpc) is 2.60. The number of para-hydroxylation sites is 1. The van der Waals surface area contributed by atoms with Crippen molar-refractivity contribution in [2.45, 2.75) is 38.1 Å². The summed E-state index contributed by atoms with van der Waals surface area (Å²) < 4.78 is 0. The Balaban J connectivity index is 2.05. The van der Waals surface area contributed by atoms with Gasteiger partial charge in [-0.3, -0.25) is 24.6 Å². The van der Waals surface area contributed by atoms with Crippen LogP contribution in [0.3, 0.4) is 0 Å². The van der Waals surface area contributed by atoms with Gasteiger partial charge in [0.15, 0.2) is 0 Å². The molecule has 3 rings (SSSR count). The van der Waals surface area contributed by atoms with Crippen LogP contribution in [0.2, 0.25) is 0 Å². The maximum atomic E-state index is 12.7. The number of rotatable bonds is 1. The van der Waals surface area contributed by atoms with Crippen LogP contribution in [0, 0.1) is 0 Å². The molecule has 0 spiro atoms. The number of nitrogens with one attached hydrogen (secondary N) is 1. The first kappa shape index (κ1) is 12.8. The number of benzene rings is 1. The van der Waals surface area contributed by atoms with Gasteiger partial charge >= 0.3 is 0 Å². The molecule has 1 unspecified atom stereocenters. The summed E-state index contributed by atoms with van der Waals surface area (Å²) in [4.78, 5) is 37.5. The van der Waals surface area contributed by atoms with Crippen LogP contribution in [0.4, 0.5) is 5.69 Å². The number of carbonyl (C=O) groups is 3. The molecule has 104 valence electrons. The molecule has 1 atom stereocenters. The van der Waals surface area contributed by atoms with Crippen molar-refractivity contribution in [3.05, 3.63) is 29.8 Å². The van der Waals surface area contributed by atoms with Crippen LogP contribution in [0.1, 0.15) is 32.3 Å². The summed E-state index contributed by atoms with van der Waals surface area (Å²) >= 11 is 0. The molecule has 0 saturated carbocycles. The van der Waals surface area contributed by atoms with E-state index in [1.54, 1.807) is 4.90 Å². The Labute approximate surface area is 116 Å². The fourth-order valence-electron chi connectivity index (χ4n) is 2.98. The predicted octanol–water partition coefficient (Wildman–Crippen LogP) is 1.12. The van der Waals surface area contributed by atoms with Crippen LogP contribution in [0.5, 0.6) is 0 Å². The smallest absolute Gasteiger partial charge is 0.249 e. The minimum atomic E-state index is -0.641. The van der Waals surface area contributed by atoms with E-state index in [1.165, 1.54) is 0 Å². The van der Waals surface area contributed by atoms with Gasteiger partial charge in [-0.1, -0.05) is 18.2 Å². The van der Waals surface area contributed by atoms with Crippen molar-refractivity contribution in [1.82, 2.24) is 5.32 Å². The lowest BCUT2D eigenvalue weighted by Crippen LogP contribution is -2.55. The Morgan fingerprint density at radius 1 is 1.20 bits per heavy atom. The first-order valence-electron chi connectivity index (χ1n) is 6.70. The molecule has 1 N–H and O–H groups in total. The van der Waals surface area contributed by atoms with Crippen molar-refractivity contribution in [3.63, 3.8) is 0 Å². The van der Waals surface area contributed by atoms with Crippen LogP contribution in [-0.4, -0.2) is 23.8 Å². The predicted molar refractivity (Wildman–Crippen MR) is 73.1 cm³/mol. The molecule has 0 radical (unpaired) electrons. The summed E-state index contributed by atoms with van der Waals surface area (Å²) in [5.74, 6) is -0.749. The van der Waals surface area contributed by atoms with Crippen LogP contribution in [-0.2, 0) is 19.8 Å². The lowest BCUT2D eigenvalue weighted by Gasteiger charge is -2.31. The number of amides is 3. The Morgan fingerprint density at radius 3 is 2.60 bits per heavy atom. The summed E-state index contributed by atoms with van der Waals surface area (Å²) in [5.41, 5.74) is 1.06. The van der Waals surface area contributed by atoms with Crippen molar-refractivity contribution in [2.75, 3.05) is 4.90 Å². The highest BCUT2D eigenvalue weighted by Crippen LogP contribution is 2.43. The second-order valence-electron chi connectivity index (χ2n) is 5.78. The highest BCUT2D eigenvalue weighted by Gasteiger charge is 2.48. The van der Waals surface area contributed by atoms with Gasteiger partial charge in [0.25, 0.3) is 0 Å². The largest absolute Gasteiger partial charge is 0.299 e. The van der Waals surface area contributed by atoms with Gasteiger partial charge in [0, 0.05) is 12.1 Å². The molecule has 5 heteroatoms. The SMILES string of the molecule is CC1(C)C(=O)N(C2CCC(=O)NC2=O)c2ccccc21. The highest BCUT2D eigenvalue weighted by atomic mass is 16.2. The summed E-state index contributed by atoms with van der Waals surface area (Å²) in [6.45, 7) is 3.72. The zero-order valence-corrected chi connectivity index (χ0v) is 11.5. The Morgan fingerprint density at radius 2 is 1.90 bits per heavy atom. The van der Waals surface area contributed by atoms with E-state index in [9.17, 15) is 14.4 Å². The van der Waals surface area contributed by atoms with Crippen molar-refractivity contribution in [2.24, 2.45) is 0 Å². The van der Waals surface area contributed by atoms with Gasteiger partial charge < -0.3 is 0 Å². The van der Waals surface area contributed by atoms with Crippen LogP contribution >= 0.6 is 0 Å². The van der Waals surface area contributed by atoms with E-state index in [2.05, 4.69) is 5.32 Å². The van der Waals surface area contributed by atoms with Gasteiger partial charge in [0.2, 0.25) is 17.7 Å². The third-order valence-corrected chi connectivity index (χ3v) is 4.11. The van der Waals surface area contributed by atoms with Gasteiger partial charge in [-0.15, -0.1) is 0 Å². The zero-order valence-electron chi connectivity index (χ0n) is 11.5. The fourth-order valence-corrected chi connectivity index (χ4v) is 2.98. The maximum Gasteiger partial charge on any atom is 0.249 e. The second kappa shape index (κ2) is 4.16. The maximum absolute atomic E-state index is 12.7. The van der Waals surface area contributed by atoms with Gasteiger partial charge in [-0.05, 0) is 31.9 Å². The zero-order chi connectivity index (χ0) is 14.5. The molecule has 0 aromatic heterocycles. The molecule has 1 fully saturated rings. The number of hydrogen-bond acceptors (Lipinski definition) is 3. The monoisotopic (exact) mass is 272 g/mol. The number of fused-ring (bicyclic) bond motifs is 1. The topological polar surface area (TPSA) is 66.5 Å². The lowest BCUT2D eigenvalue weighted by atomic mass is 9.86. The summed E-state index contributed by atoms with van der Waals surface area (Å²) in [6, 6.07) is 6.92. The van der Waals surface area contributed by atoms with E-state index in [-0.39, 0.29) is 24.1 Å². The molecule has 2 heterocycles. The molecular weight excluding hydrogens is 256 g/mol. The fraction of sp³-hybridized carbons (Fsp3) is 0.400. The standard InChI is InChI=1S/C15H16N2O3/c1-15(2)9-5-3-4-6-10(9)17(14(15)20)11-7-8-12(18)16-13(11)19/h3-6,11H,7-8H2,1-2H3,(H,16,18,19). The molecule has 3 amide bonds. The average molecular weight is 272 g/mol. The lowest BCUT2D eigenvalue weighted by molar-refractivity contribution is -0.136. The minimum absolute atomic E-state index is 0.0896. The van der Waals surface area contributed by atoms with Gasteiger partial charge in [0.05, 0.1) is 5.41 Å². The van der Waals surface area contributed by atoms with Crippen LogP contribution in [0.15, 0.2) is 24.3 Å². The van der Waals surface area contributed by atoms with Gasteiger partial charge in [-0.2, -0.15) is 0 Å². The molecule has 1 saturated heterocycles. The van der Waals surface area contributed by atoms with Crippen LogP contribution in [0.25, 0.3) is 0 Å². The summed E-state index contributed by atoms with van der Waals surface area (Å²) in [6.07, 6.45) is 0.642. The molecule has 0 bridgehead atoms. The van der Waals surface area contributed by atoms with E-state index in [0.717, 1.165) is 11.3 Å². The number of hydrogen-bond donors (Lipinski definition) is 1. The molecule has 1 aromatic rings. The minimum Gasteiger partial charge on any atom is -0.299 e. The van der Waals surface area contributed by atoms with Crippen molar-refractivity contribution < 1.29 is 14.4 Å². The second-order valence-corrected chi connectivity index (χ2v) is 5.78. The van der Waals surface area contributed by atoms with Crippen molar-refractivity contribution in [1.29, 1.82) is 0 Å². The number of imide groups is 1. The number of anilines is 1. The summed E-state index contributed by atoms with van der Waals surface area (Å²) in [7, 11) is 0. The Bertz CT molecular complexity index is 621. The van der Waals surface area contributed by atoms with Gasteiger partial charge in [0.1, 0.15) is 6.04 Å². The van der Waals surface area contributed by atoms with E-state index in [1.807, 2.05) is 38.1 Å². The van der Waals surface area contributed by atoms with E-state index in [0.29, 0.717) is 6.42 Å². The number of carbonyl (C=O) groups excluding carboxylic acids is 3. The molecule has 2 aliphatic heterocycles. The molecule has 1 aromatic carbocycles. The van der Waals surface area contributed by atoms with Gasteiger partial charge in [-0.25, -0.2) is 0 Å². The third-order valence-electron chi connectivity index (χ3n) is 4.11. The van der Waals surface area contributed by atoms with E-state index >= 15 is 0 Å². The number of nitrogens with zero attached hydrogens (tertiary/aromatic N) is 1. The van der Waals surface area contributed by atoms with E-state index in [4.69, 9.17) is 0 Å². The Hall–Kier alpha value is -2.17. The molecule has 0 aliphatic carbocycles. The van der Waals surface area contributed by atoms with Crippen molar-refractivity contribution in [3.8, 4) is 0 Å². The normalized spacial score (nSPS) is 24.6. The molecule has 20 heavy (non-hydrogen) atoms. The Kier molecular flexibility index (Phi) is 2.67. The third kappa shape index (κ3) is 1.66. The quantitative estimate of drug-likeness (QED) is 0.779. The van der Waals surface area contributed by atoms with Crippen molar-refractivity contribution >= 4 is 23.4 Å². The number of piperidine rings is 1. The molecular formula is C15H16N2O3. The van der Waals surface area contributed by atoms with Crippen LogP contribution < -0.4 is 10.2 Å². The van der Waals surface area contributed by atoms with E-state index < -0.39 is 11.5 Å². The first-order chi connectivity index (χ1) is 9.43. The molecule has 5 nitrogen and oxygen atoms in total. The summed E-state index contributed by atoms with van der Waals surface area (Å²) in [5, 5.41) is 2.31. The highest BCUT2D eigenvalue weighted by molar-refractivity contribution is 6.13. The first-order valence-corrected chi connectivity index (χ1v) is 6.70. The molecule has 2 aliphatic rings.